The number of likely N-dealkylation sites (N-methyl/N-ethyl adjacent to an activating group) is 1. The maximum Gasteiger partial charge on any atom is 0.230 e. The number of benzene rings is 1. The van der Waals surface area contributed by atoms with E-state index in [4.69, 9.17) is 5.26 Å². The Bertz CT molecular complexity index is 437. The fraction of sp³-hybridized carbons (Fsp3) is 0.429. The molecule has 1 rings (SSSR count). The lowest BCUT2D eigenvalue weighted by Crippen LogP contribution is -2.32. The Balaban J connectivity index is 2.19. The second kappa shape index (κ2) is 8.57. The number of nitrogens with one attached hydrogen (secondary N) is 1. The number of amides is 1. The molecule has 0 fully saturated rings. The topological polar surface area (TPSA) is 56.1 Å². The lowest BCUT2D eigenvalue weighted by atomic mass is 10.2. The molecule has 0 bridgehead atoms. The normalized spacial score (nSPS) is 10.2. The molecule has 1 amide bonds. The van der Waals surface area contributed by atoms with Gasteiger partial charge >= 0.3 is 0 Å². The molecule has 0 aromatic heterocycles. The Morgan fingerprint density at radius 1 is 1.37 bits per heavy atom. The first-order valence-corrected chi connectivity index (χ1v) is 7.25. The van der Waals surface area contributed by atoms with Gasteiger partial charge in [-0.2, -0.15) is 5.26 Å². The van der Waals surface area contributed by atoms with Gasteiger partial charge in [0, 0.05) is 18.8 Å². The van der Waals surface area contributed by atoms with Gasteiger partial charge in [-0.1, -0.05) is 12.1 Å². The molecule has 0 saturated heterocycles. The summed E-state index contributed by atoms with van der Waals surface area (Å²) in [6.45, 7) is 1.54. The minimum Gasteiger partial charge on any atom is -0.354 e. The molecule has 0 aliphatic carbocycles. The van der Waals surface area contributed by atoms with Crippen LogP contribution in [-0.2, 0) is 10.5 Å². The van der Waals surface area contributed by atoms with E-state index < -0.39 is 0 Å². The van der Waals surface area contributed by atoms with Crippen LogP contribution < -0.4 is 5.32 Å². The number of hydrogen-bond acceptors (Lipinski definition) is 4. The molecular formula is C14H19N3OS. The van der Waals surface area contributed by atoms with Gasteiger partial charge in [0.05, 0.1) is 17.4 Å². The summed E-state index contributed by atoms with van der Waals surface area (Å²) in [6.07, 6.45) is 0. The molecule has 1 aromatic carbocycles. The maximum atomic E-state index is 11.5. The van der Waals surface area contributed by atoms with Crippen LogP contribution in [-0.4, -0.2) is 43.7 Å². The lowest BCUT2D eigenvalue weighted by Gasteiger charge is -2.10. The minimum absolute atomic E-state index is 0.0699. The molecule has 5 heteroatoms. The highest BCUT2D eigenvalue weighted by atomic mass is 32.2. The van der Waals surface area contributed by atoms with Crippen molar-refractivity contribution in [1.29, 1.82) is 5.26 Å². The smallest absolute Gasteiger partial charge is 0.230 e. The third kappa shape index (κ3) is 6.85. The number of thioether (sulfide) groups is 1. The highest BCUT2D eigenvalue weighted by Crippen LogP contribution is 2.12. The largest absolute Gasteiger partial charge is 0.354 e. The van der Waals surface area contributed by atoms with Crippen LogP contribution in [0.3, 0.4) is 0 Å². The van der Waals surface area contributed by atoms with Crippen LogP contribution in [0.15, 0.2) is 24.3 Å². The SMILES string of the molecule is CN(C)CCNC(=O)CSCc1ccc(C#N)cc1. The van der Waals surface area contributed by atoms with Crippen molar-refractivity contribution in [3.63, 3.8) is 0 Å². The van der Waals surface area contributed by atoms with Gasteiger partial charge in [-0.3, -0.25) is 4.79 Å². The van der Waals surface area contributed by atoms with Crippen molar-refractivity contribution in [2.45, 2.75) is 5.75 Å². The van der Waals surface area contributed by atoms with Crippen molar-refractivity contribution in [2.75, 3.05) is 32.9 Å². The van der Waals surface area contributed by atoms with Crippen molar-refractivity contribution in [3.8, 4) is 6.07 Å². The summed E-state index contributed by atoms with van der Waals surface area (Å²) < 4.78 is 0. The van der Waals surface area contributed by atoms with Gasteiger partial charge in [-0.25, -0.2) is 0 Å². The molecule has 0 atom stereocenters. The van der Waals surface area contributed by atoms with E-state index in [0.29, 0.717) is 17.9 Å². The Hall–Kier alpha value is -1.51. The molecule has 0 unspecified atom stereocenters. The zero-order valence-corrected chi connectivity index (χ0v) is 12.2. The van der Waals surface area contributed by atoms with Crippen LogP contribution in [0.4, 0.5) is 0 Å². The molecule has 19 heavy (non-hydrogen) atoms. The standard InChI is InChI=1S/C14H19N3OS/c1-17(2)8-7-16-14(18)11-19-10-13-5-3-12(9-15)4-6-13/h3-6H,7-8,10-11H2,1-2H3,(H,16,18). The van der Waals surface area contributed by atoms with E-state index in [9.17, 15) is 4.79 Å². The van der Waals surface area contributed by atoms with E-state index in [-0.39, 0.29) is 5.91 Å². The number of rotatable bonds is 7. The van der Waals surface area contributed by atoms with Crippen molar-refractivity contribution in [2.24, 2.45) is 0 Å². The van der Waals surface area contributed by atoms with Crippen LogP contribution in [0, 0.1) is 11.3 Å². The second-order valence-electron chi connectivity index (χ2n) is 4.45. The van der Waals surface area contributed by atoms with Crippen LogP contribution in [0.5, 0.6) is 0 Å². The molecule has 0 radical (unpaired) electrons. The van der Waals surface area contributed by atoms with Gasteiger partial charge < -0.3 is 10.2 Å². The summed E-state index contributed by atoms with van der Waals surface area (Å²) in [4.78, 5) is 13.6. The Kier molecular flexibility index (Phi) is 7.01. The average molecular weight is 277 g/mol. The first-order valence-electron chi connectivity index (χ1n) is 6.10. The van der Waals surface area contributed by atoms with Gasteiger partial charge in [0.15, 0.2) is 0 Å². The average Bonchev–Trinajstić information content (AvgIpc) is 2.39. The molecule has 0 saturated carbocycles. The van der Waals surface area contributed by atoms with E-state index in [0.717, 1.165) is 17.9 Å². The fourth-order valence-corrected chi connectivity index (χ4v) is 2.22. The highest BCUT2D eigenvalue weighted by Gasteiger charge is 2.02. The maximum absolute atomic E-state index is 11.5. The van der Waals surface area contributed by atoms with Crippen molar-refractivity contribution in [1.82, 2.24) is 10.2 Å². The zero-order chi connectivity index (χ0) is 14.1. The predicted molar refractivity (Wildman–Crippen MR) is 78.9 cm³/mol. The van der Waals surface area contributed by atoms with Crippen LogP contribution in [0.1, 0.15) is 11.1 Å². The molecule has 4 nitrogen and oxygen atoms in total. The predicted octanol–water partition coefficient (Wildman–Crippen LogP) is 1.47. The molecular weight excluding hydrogens is 258 g/mol. The number of hydrogen-bond donors (Lipinski definition) is 1. The fourth-order valence-electron chi connectivity index (χ4n) is 1.41. The van der Waals surface area contributed by atoms with E-state index >= 15 is 0 Å². The van der Waals surface area contributed by atoms with Crippen LogP contribution >= 0.6 is 11.8 Å². The Morgan fingerprint density at radius 3 is 2.63 bits per heavy atom. The number of nitriles is 1. The molecule has 0 aliphatic rings. The molecule has 0 aliphatic heterocycles. The van der Waals surface area contributed by atoms with Gasteiger partial charge in [-0.15, -0.1) is 11.8 Å². The summed E-state index contributed by atoms with van der Waals surface area (Å²) in [5.74, 6) is 1.32. The van der Waals surface area contributed by atoms with E-state index in [1.807, 2.05) is 31.1 Å². The monoisotopic (exact) mass is 277 g/mol. The van der Waals surface area contributed by atoms with E-state index in [1.54, 1.807) is 23.9 Å². The summed E-state index contributed by atoms with van der Waals surface area (Å²) in [6, 6.07) is 9.54. The van der Waals surface area contributed by atoms with E-state index in [2.05, 4.69) is 11.4 Å². The first kappa shape index (κ1) is 15.5. The molecule has 0 spiro atoms. The second-order valence-corrected chi connectivity index (χ2v) is 5.44. The van der Waals surface area contributed by atoms with Crippen molar-refractivity contribution in [3.05, 3.63) is 35.4 Å². The Morgan fingerprint density at radius 2 is 2.05 bits per heavy atom. The van der Waals surface area contributed by atoms with Gasteiger partial charge in [0.2, 0.25) is 5.91 Å². The number of carbonyl (C=O) groups excluding carboxylic acids is 1. The third-order valence-electron chi connectivity index (χ3n) is 2.47. The third-order valence-corrected chi connectivity index (χ3v) is 3.47. The first-order chi connectivity index (χ1) is 9.11. The molecule has 0 heterocycles. The molecule has 1 N–H and O–H groups in total. The van der Waals surface area contributed by atoms with Crippen molar-refractivity contribution >= 4 is 17.7 Å². The lowest BCUT2D eigenvalue weighted by molar-refractivity contribution is -0.118. The highest BCUT2D eigenvalue weighted by molar-refractivity contribution is 7.99. The van der Waals surface area contributed by atoms with Crippen molar-refractivity contribution < 1.29 is 4.79 Å². The quantitative estimate of drug-likeness (QED) is 0.820. The van der Waals surface area contributed by atoms with E-state index in [1.165, 1.54) is 0 Å². The summed E-state index contributed by atoms with van der Waals surface area (Å²) >= 11 is 1.58. The minimum atomic E-state index is 0.0699. The molecule has 102 valence electrons. The van der Waals surface area contributed by atoms with Gasteiger partial charge in [0.25, 0.3) is 0 Å². The number of carbonyl (C=O) groups is 1. The zero-order valence-electron chi connectivity index (χ0n) is 11.3. The van der Waals surface area contributed by atoms with Crippen LogP contribution in [0.2, 0.25) is 0 Å². The van der Waals surface area contributed by atoms with Crippen LogP contribution in [0.25, 0.3) is 0 Å². The summed E-state index contributed by atoms with van der Waals surface area (Å²) in [5, 5.41) is 11.6. The summed E-state index contributed by atoms with van der Waals surface area (Å²) in [7, 11) is 3.96. The molecule has 1 aromatic rings. The van der Waals surface area contributed by atoms with Gasteiger partial charge in [-0.05, 0) is 31.8 Å². The summed E-state index contributed by atoms with van der Waals surface area (Å²) in [5.41, 5.74) is 1.79. The Labute approximate surface area is 118 Å². The number of nitrogens with zero attached hydrogens (tertiary/aromatic N) is 2. The van der Waals surface area contributed by atoms with Gasteiger partial charge in [0.1, 0.15) is 0 Å².